The van der Waals surface area contributed by atoms with Crippen molar-refractivity contribution in [3.05, 3.63) is 39.1 Å². The van der Waals surface area contributed by atoms with Crippen LogP contribution in [0.3, 0.4) is 0 Å². The first kappa shape index (κ1) is 16.0. The van der Waals surface area contributed by atoms with Crippen molar-refractivity contribution in [2.24, 2.45) is 0 Å². The van der Waals surface area contributed by atoms with Crippen LogP contribution in [0.15, 0.2) is 24.3 Å². The van der Waals surface area contributed by atoms with E-state index in [0.717, 1.165) is 12.5 Å². The smallest absolute Gasteiger partial charge is 0.383 e. The van der Waals surface area contributed by atoms with Crippen LogP contribution in [-0.4, -0.2) is 9.97 Å². The maximum Gasteiger partial charge on any atom is 0.417 e. The molecule has 0 radical (unpaired) electrons. The lowest BCUT2D eigenvalue weighted by atomic mass is 10.1. The quantitative estimate of drug-likeness (QED) is 0.773. The van der Waals surface area contributed by atoms with Crippen LogP contribution >= 0.6 is 22.6 Å². The van der Waals surface area contributed by atoms with E-state index in [4.69, 9.17) is 5.73 Å². The zero-order valence-electron chi connectivity index (χ0n) is 11.2. The van der Waals surface area contributed by atoms with Gasteiger partial charge in [-0.05, 0) is 35.1 Å². The second-order valence-corrected chi connectivity index (χ2v) is 5.57. The van der Waals surface area contributed by atoms with Crippen molar-refractivity contribution >= 4 is 28.4 Å². The summed E-state index contributed by atoms with van der Waals surface area (Å²) in [6.45, 7) is 1.97. The highest BCUT2D eigenvalue weighted by Gasteiger charge is 2.34. The molecule has 0 spiro atoms. The molecule has 0 atom stereocenters. The van der Waals surface area contributed by atoms with Gasteiger partial charge in [0.2, 0.25) is 0 Å². The highest BCUT2D eigenvalue weighted by Crippen LogP contribution is 2.36. The monoisotopic (exact) mass is 407 g/mol. The molecule has 0 aliphatic heterocycles. The van der Waals surface area contributed by atoms with Crippen LogP contribution < -0.4 is 5.73 Å². The Morgan fingerprint density at radius 3 is 2.48 bits per heavy atom. The Bertz CT molecular complexity index is 656. The van der Waals surface area contributed by atoms with Crippen molar-refractivity contribution in [2.75, 3.05) is 5.73 Å². The molecule has 1 heterocycles. The largest absolute Gasteiger partial charge is 0.417 e. The molecule has 0 aliphatic carbocycles. The van der Waals surface area contributed by atoms with E-state index >= 15 is 0 Å². The maximum absolute atomic E-state index is 13.1. The van der Waals surface area contributed by atoms with Crippen LogP contribution in [0.4, 0.5) is 19.0 Å². The number of alkyl halides is 3. The first-order chi connectivity index (χ1) is 9.84. The Morgan fingerprint density at radius 1 is 1.19 bits per heavy atom. The molecule has 112 valence electrons. The molecular formula is C14H13F3IN3. The summed E-state index contributed by atoms with van der Waals surface area (Å²) in [5.74, 6) is 0.227. The van der Waals surface area contributed by atoms with E-state index in [1.54, 1.807) is 0 Å². The van der Waals surface area contributed by atoms with E-state index in [1.807, 2.05) is 29.5 Å². The Hall–Kier alpha value is -1.38. The number of rotatable bonds is 3. The third-order valence-electron chi connectivity index (χ3n) is 2.91. The van der Waals surface area contributed by atoms with Gasteiger partial charge in [-0.3, -0.25) is 0 Å². The summed E-state index contributed by atoms with van der Waals surface area (Å²) < 4.78 is 39.9. The number of aromatic nitrogens is 2. The number of hydrogen-bond donors (Lipinski definition) is 1. The fourth-order valence-corrected chi connectivity index (χ4v) is 2.47. The van der Waals surface area contributed by atoms with Gasteiger partial charge in [0, 0.05) is 5.56 Å². The molecule has 0 unspecified atom stereocenters. The second kappa shape index (κ2) is 6.17. The number of nitrogens with two attached hydrogens (primary N) is 1. The van der Waals surface area contributed by atoms with E-state index in [0.29, 0.717) is 15.7 Å². The van der Waals surface area contributed by atoms with Gasteiger partial charge in [-0.15, -0.1) is 0 Å². The van der Waals surface area contributed by atoms with E-state index < -0.39 is 11.7 Å². The van der Waals surface area contributed by atoms with Gasteiger partial charge < -0.3 is 5.73 Å². The van der Waals surface area contributed by atoms with Crippen molar-refractivity contribution in [1.29, 1.82) is 0 Å². The molecular weight excluding hydrogens is 394 g/mol. The van der Waals surface area contributed by atoms with Gasteiger partial charge in [-0.25, -0.2) is 9.97 Å². The zero-order chi connectivity index (χ0) is 15.6. The molecule has 0 amide bonds. The van der Waals surface area contributed by atoms with Crippen LogP contribution in [-0.2, 0) is 12.6 Å². The molecule has 2 N–H and O–H groups in total. The lowest BCUT2D eigenvalue weighted by Crippen LogP contribution is -2.10. The highest BCUT2D eigenvalue weighted by molar-refractivity contribution is 14.1. The molecule has 0 fully saturated rings. The molecule has 0 saturated heterocycles. The summed E-state index contributed by atoms with van der Waals surface area (Å²) in [4.78, 5) is 8.29. The summed E-state index contributed by atoms with van der Waals surface area (Å²) in [7, 11) is 0. The minimum Gasteiger partial charge on any atom is -0.383 e. The van der Waals surface area contributed by atoms with Crippen LogP contribution in [0.5, 0.6) is 0 Å². The Labute approximate surface area is 133 Å². The average Bonchev–Trinajstić information content (AvgIpc) is 2.43. The number of nitrogens with zero attached hydrogens (tertiary/aromatic N) is 2. The average molecular weight is 407 g/mol. The van der Waals surface area contributed by atoms with Crippen molar-refractivity contribution in [2.45, 2.75) is 25.9 Å². The number of benzene rings is 1. The number of aryl methyl sites for hydroxylation is 1. The third-order valence-corrected chi connectivity index (χ3v) is 4.08. The van der Waals surface area contributed by atoms with Crippen LogP contribution in [0, 0.1) is 3.57 Å². The van der Waals surface area contributed by atoms with Gasteiger partial charge in [0.25, 0.3) is 0 Å². The summed E-state index contributed by atoms with van der Waals surface area (Å²) >= 11 is 2.02. The second-order valence-electron chi connectivity index (χ2n) is 4.49. The van der Waals surface area contributed by atoms with Crippen molar-refractivity contribution in [3.8, 4) is 11.4 Å². The van der Waals surface area contributed by atoms with E-state index in [1.165, 1.54) is 18.2 Å². The summed E-state index contributed by atoms with van der Waals surface area (Å²) in [6.07, 6.45) is -2.98. The predicted molar refractivity (Wildman–Crippen MR) is 83.6 cm³/mol. The van der Waals surface area contributed by atoms with E-state index in [9.17, 15) is 13.2 Å². The Balaban J connectivity index is 2.63. The lowest BCUT2D eigenvalue weighted by molar-refractivity contribution is -0.137. The van der Waals surface area contributed by atoms with Crippen LogP contribution in [0.1, 0.15) is 24.6 Å². The minimum absolute atomic E-state index is 0.0179. The molecule has 3 nitrogen and oxygen atoms in total. The summed E-state index contributed by atoms with van der Waals surface area (Å²) in [5.41, 5.74) is 5.68. The molecule has 21 heavy (non-hydrogen) atoms. The molecule has 0 aliphatic rings. The van der Waals surface area contributed by atoms with E-state index in [2.05, 4.69) is 9.97 Å². The van der Waals surface area contributed by atoms with Crippen molar-refractivity contribution in [3.63, 3.8) is 0 Å². The molecule has 1 aromatic heterocycles. The van der Waals surface area contributed by atoms with Gasteiger partial charge >= 0.3 is 6.18 Å². The Kier molecular flexibility index (Phi) is 4.70. The van der Waals surface area contributed by atoms with Crippen molar-refractivity contribution < 1.29 is 13.2 Å². The summed E-state index contributed by atoms with van der Waals surface area (Å²) in [6, 6.07) is 5.25. The number of nitrogen functional groups attached to an aromatic ring is 1. The molecule has 1 aromatic carbocycles. The van der Waals surface area contributed by atoms with Gasteiger partial charge in [-0.2, -0.15) is 13.2 Å². The molecule has 2 aromatic rings. The van der Waals surface area contributed by atoms with Crippen LogP contribution in [0.2, 0.25) is 0 Å². The highest BCUT2D eigenvalue weighted by atomic mass is 127. The lowest BCUT2D eigenvalue weighted by Gasteiger charge is -2.13. The fourth-order valence-electron chi connectivity index (χ4n) is 1.96. The summed E-state index contributed by atoms with van der Waals surface area (Å²) in [5, 5.41) is 0. The fraction of sp³-hybridized carbons (Fsp3) is 0.286. The SMILES string of the molecule is CCCc1nc(-c2ccccc2C(F)(F)F)nc(N)c1I. The van der Waals surface area contributed by atoms with Crippen LogP contribution in [0.25, 0.3) is 11.4 Å². The standard InChI is InChI=1S/C14H13F3IN3/c1-2-5-10-11(18)12(19)21-13(20-10)8-6-3-4-7-9(8)14(15,16)17/h3-4,6-7H,2,5H2,1H3,(H2,19,20,21). The Morgan fingerprint density at radius 2 is 1.86 bits per heavy atom. The molecule has 0 bridgehead atoms. The van der Waals surface area contributed by atoms with Gasteiger partial charge in [0.1, 0.15) is 5.82 Å². The number of halogens is 4. The predicted octanol–water partition coefficient (Wildman–Crippen LogP) is 4.30. The molecule has 7 heteroatoms. The number of anilines is 1. The molecule has 0 saturated carbocycles. The zero-order valence-corrected chi connectivity index (χ0v) is 13.4. The first-order valence-electron chi connectivity index (χ1n) is 6.33. The minimum atomic E-state index is -4.46. The van der Waals surface area contributed by atoms with Gasteiger partial charge in [0.05, 0.1) is 14.8 Å². The third kappa shape index (κ3) is 3.45. The number of hydrogen-bond acceptors (Lipinski definition) is 3. The van der Waals surface area contributed by atoms with Crippen molar-refractivity contribution in [1.82, 2.24) is 9.97 Å². The van der Waals surface area contributed by atoms with Gasteiger partial charge in [0.15, 0.2) is 5.82 Å². The maximum atomic E-state index is 13.1. The first-order valence-corrected chi connectivity index (χ1v) is 7.41. The topological polar surface area (TPSA) is 51.8 Å². The normalized spacial score (nSPS) is 11.7. The molecule has 2 rings (SSSR count). The van der Waals surface area contributed by atoms with E-state index in [-0.39, 0.29) is 17.2 Å². The van der Waals surface area contributed by atoms with Gasteiger partial charge in [-0.1, -0.05) is 31.5 Å².